The van der Waals surface area contributed by atoms with Gasteiger partial charge in [-0.05, 0) is 61.7 Å². The van der Waals surface area contributed by atoms with Crippen molar-refractivity contribution in [1.29, 1.82) is 5.26 Å². The van der Waals surface area contributed by atoms with Crippen LogP contribution in [-0.2, 0) is 6.54 Å². The fraction of sp³-hybridized carbons (Fsp3) is 0.409. The molecule has 0 bridgehead atoms. The zero-order chi connectivity index (χ0) is 19.8. The van der Waals surface area contributed by atoms with Crippen LogP contribution in [0.4, 0.5) is 5.69 Å². The molecule has 2 rings (SSSR count). The van der Waals surface area contributed by atoms with Gasteiger partial charge in [0.05, 0.1) is 18.6 Å². The average molecular weight is 367 g/mol. The van der Waals surface area contributed by atoms with Gasteiger partial charge in [0.25, 0.3) is 0 Å². The maximum absolute atomic E-state index is 10.5. The smallest absolute Gasteiger partial charge is 0.115 e. The molecule has 0 aliphatic heterocycles. The van der Waals surface area contributed by atoms with E-state index in [4.69, 9.17) is 5.26 Å². The van der Waals surface area contributed by atoms with Crippen LogP contribution in [-0.4, -0.2) is 29.3 Å². The van der Waals surface area contributed by atoms with E-state index in [0.717, 1.165) is 24.3 Å². The van der Waals surface area contributed by atoms with Crippen molar-refractivity contribution in [3.63, 3.8) is 0 Å². The first kappa shape index (κ1) is 20.8. The number of nitriles is 1. The summed E-state index contributed by atoms with van der Waals surface area (Å²) < 4.78 is 0. The summed E-state index contributed by atoms with van der Waals surface area (Å²) in [7, 11) is 0. The quantitative estimate of drug-likeness (QED) is 0.630. The summed E-state index contributed by atoms with van der Waals surface area (Å²) in [5.41, 5.74) is 4.27. The second kappa shape index (κ2) is 9.96. The highest BCUT2D eigenvalue weighted by Gasteiger charge is 2.16. The van der Waals surface area contributed by atoms with E-state index in [-0.39, 0.29) is 11.8 Å². The highest BCUT2D eigenvalue weighted by atomic mass is 16.3. The molecule has 0 unspecified atom stereocenters. The van der Waals surface area contributed by atoms with E-state index in [1.54, 1.807) is 24.3 Å². The third kappa shape index (κ3) is 5.72. The predicted octanol–water partition coefficient (Wildman–Crippen LogP) is 3.65. The van der Waals surface area contributed by atoms with Crippen molar-refractivity contribution in [2.24, 2.45) is 0 Å². The molecule has 0 amide bonds. The van der Waals surface area contributed by atoms with E-state index in [2.05, 4.69) is 48.3 Å². The zero-order valence-corrected chi connectivity index (χ0v) is 16.3. The van der Waals surface area contributed by atoms with E-state index in [0.29, 0.717) is 13.0 Å². The summed E-state index contributed by atoms with van der Waals surface area (Å²) in [5, 5.41) is 32.0. The van der Waals surface area contributed by atoms with E-state index in [1.807, 2.05) is 6.92 Å². The molecule has 2 atom stereocenters. The van der Waals surface area contributed by atoms with Gasteiger partial charge in [0, 0.05) is 31.4 Å². The largest absolute Gasteiger partial charge is 0.508 e. The fourth-order valence-electron chi connectivity index (χ4n) is 3.07. The molecule has 5 heteroatoms. The van der Waals surface area contributed by atoms with Crippen molar-refractivity contribution in [2.45, 2.75) is 45.9 Å². The molecule has 2 aromatic rings. The number of aryl methyl sites for hydroxylation is 1. The highest BCUT2D eigenvalue weighted by molar-refractivity contribution is 5.51. The van der Waals surface area contributed by atoms with Crippen LogP contribution in [0.5, 0.6) is 5.75 Å². The monoisotopic (exact) mass is 367 g/mol. The molecule has 0 fully saturated rings. The molecular formula is C22H29N3O2. The number of nitrogens with one attached hydrogen (secondary N) is 1. The number of phenolic OH excluding ortho intramolecular Hbond substituents is 1. The van der Waals surface area contributed by atoms with Crippen LogP contribution in [0.3, 0.4) is 0 Å². The Morgan fingerprint density at radius 1 is 1.19 bits per heavy atom. The molecule has 0 heterocycles. The predicted molar refractivity (Wildman–Crippen MR) is 109 cm³/mol. The number of aliphatic hydroxyl groups is 1. The van der Waals surface area contributed by atoms with Gasteiger partial charge in [-0.2, -0.15) is 5.26 Å². The summed E-state index contributed by atoms with van der Waals surface area (Å²) in [4.78, 5) is 2.20. The van der Waals surface area contributed by atoms with Gasteiger partial charge in [-0.25, -0.2) is 0 Å². The lowest BCUT2D eigenvalue weighted by Gasteiger charge is -2.24. The van der Waals surface area contributed by atoms with E-state index < -0.39 is 6.10 Å². The molecule has 27 heavy (non-hydrogen) atoms. The highest BCUT2D eigenvalue weighted by Crippen LogP contribution is 2.22. The van der Waals surface area contributed by atoms with Gasteiger partial charge in [0.15, 0.2) is 0 Å². The first-order chi connectivity index (χ1) is 13.0. The number of anilines is 1. The minimum absolute atomic E-state index is 0.128. The number of aromatic hydroxyl groups is 1. The lowest BCUT2D eigenvalue weighted by molar-refractivity contribution is 0.135. The summed E-state index contributed by atoms with van der Waals surface area (Å²) >= 11 is 0. The SMILES string of the molecule is CCN(CCC#N)c1ccc(CN[C@H](C)[C@H](O)c2ccc(O)cc2)c(C)c1. The number of benzene rings is 2. The number of rotatable bonds is 9. The molecule has 5 nitrogen and oxygen atoms in total. The molecule has 3 N–H and O–H groups in total. The molecule has 0 radical (unpaired) electrons. The molecule has 0 aromatic heterocycles. The maximum atomic E-state index is 10.5. The minimum Gasteiger partial charge on any atom is -0.508 e. The molecule has 0 saturated heterocycles. The van der Waals surface area contributed by atoms with Crippen molar-refractivity contribution in [1.82, 2.24) is 5.32 Å². The lowest BCUT2D eigenvalue weighted by atomic mass is 10.0. The topological polar surface area (TPSA) is 79.5 Å². The number of hydrogen-bond donors (Lipinski definition) is 3. The van der Waals surface area contributed by atoms with Gasteiger partial charge < -0.3 is 20.4 Å². The lowest BCUT2D eigenvalue weighted by Crippen LogP contribution is -2.32. The Balaban J connectivity index is 1.98. The molecule has 0 saturated carbocycles. The number of phenols is 1. The van der Waals surface area contributed by atoms with Crippen LogP contribution in [0.25, 0.3) is 0 Å². The van der Waals surface area contributed by atoms with Gasteiger partial charge in [-0.15, -0.1) is 0 Å². The van der Waals surface area contributed by atoms with Crippen molar-refractivity contribution in [2.75, 3.05) is 18.0 Å². The molecule has 2 aromatic carbocycles. The molecular weight excluding hydrogens is 338 g/mol. The van der Waals surface area contributed by atoms with Crippen molar-refractivity contribution in [3.05, 3.63) is 59.2 Å². The van der Waals surface area contributed by atoms with E-state index in [9.17, 15) is 10.2 Å². The van der Waals surface area contributed by atoms with Crippen molar-refractivity contribution < 1.29 is 10.2 Å². The summed E-state index contributed by atoms with van der Waals surface area (Å²) in [6, 6.07) is 15.1. The third-order valence-electron chi connectivity index (χ3n) is 4.89. The molecule has 144 valence electrons. The Labute approximate surface area is 161 Å². The molecule has 0 aliphatic carbocycles. The second-order valence-corrected chi connectivity index (χ2v) is 6.80. The fourth-order valence-corrected chi connectivity index (χ4v) is 3.07. The first-order valence-electron chi connectivity index (χ1n) is 9.38. The summed E-state index contributed by atoms with van der Waals surface area (Å²) in [5.74, 6) is 0.193. The normalized spacial score (nSPS) is 13.0. The van der Waals surface area contributed by atoms with Crippen LogP contribution < -0.4 is 10.2 Å². The van der Waals surface area contributed by atoms with Crippen LogP contribution in [0.15, 0.2) is 42.5 Å². The van der Waals surface area contributed by atoms with E-state index in [1.165, 1.54) is 11.1 Å². The van der Waals surface area contributed by atoms with Crippen LogP contribution >= 0.6 is 0 Å². The van der Waals surface area contributed by atoms with Crippen LogP contribution in [0.1, 0.15) is 43.1 Å². The number of hydrogen-bond acceptors (Lipinski definition) is 5. The number of nitrogens with zero attached hydrogens (tertiary/aromatic N) is 2. The average Bonchev–Trinajstić information content (AvgIpc) is 2.67. The van der Waals surface area contributed by atoms with E-state index >= 15 is 0 Å². The van der Waals surface area contributed by atoms with Gasteiger partial charge in [0.1, 0.15) is 5.75 Å². The first-order valence-corrected chi connectivity index (χ1v) is 9.38. The van der Waals surface area contributed by atoms with Gasteiger partial charge in [0.2, 0.25) is 0 Å². The minimum atomic E-state index is -0.647. The Kier molecular flexibility index (Phi) is 7.66. The summed E-state index contributed by atoms with van der Waals surface area (Å²) in [6.45, 7) is 8.39. The standard InChI is InChI=1S/C22H29N3O2/c1-4-25(13-5-12-23)20-9-6-19(16(2)14-20)15-24-17(3)22(27)18-7-10-21(26)11-8-18/h6-11,14,17,22,24,26-27H,4-5,13,15H2,1-3H3/t17-,22+/m1/s1. The van der Waals surface area contributed by atoms with Gasteiger partial charge in [-0.1, -0.05) is 18.2 Å². The zero-order valence-electron chi connectivity index (χ0n) is 16.3. The number of aliphatic hydroxyl groups excluding tert-OH is 1. The maximum Gasteiger partial charge on any atom is 0.115 e. The molecule has 0 aliphatic rings. The Morgan fingerprint density at radius 2 is 1.89 bits per heavy atom. The van der Waals surface area contributed by atoms with Crippen LogP contribution in [0, 0.1) is 18.3 Å². The van der Waals surface area contributed by atoms with Gasteiger partial charge >= 0.3 is 0 Å². The van der Waals surface area contributed by atoms with Crippen molar-refractivity contribution >= 4 is 5.69 Å². The Hall–Kier alpha value is -2.55. The molecule has 0 spiro atoms. The Morgan fingerprint density at radius 3 is 2.48 bits per heavy atom. The third-order valence-corrected chi connectivity index (χ3v) is 4.89. The second-order valence-electron chi connectivity index (χ2n) is 6.80. The Bertz CT molecular complexity index is 768. The van der Waals surface area contributed by atoms with Crippen LogP contribution in [0.2, 0.25) is 0 Å². The summed E-state index contributed by atoms with van der Waals surface area (Å²) in [6.07, 6.45) is -0.130. The van der Waals surface area contributed by atoms with Crippen molar-refractivity contribution in [3.8, 4) is 11.8 Å². The van der Waals surface area contributed by atoms with Gasteiger partial charge in [-0.3, -0.25) is 0 Å².